The lowest BCUT2D eigenvalue weighted by molar-refractivity contribution is -0.141. The van der Waals surface area contributed by atoms with E-state index < -0.39 is 30.5 Å². The zero-order chi connectivity index (χ0) is 15.4. The largest absolute Gasteiger partial charge is 0.480 e. The molecule has 0 spiro atoms. The van der Waals surface area contributed by atoms with Crippen LogP contribution in [0.15, 0.2) is 29.4 Å². The summed E-state index contributed by atoms with van der Waals surface area (Å²) in [5, 5.41) is 14.5. The van der Waals surface area contributed by atoms with Gasteiger partial charge < -0.3 is 16.3 Å². The predicted molar refractivity (Wildman–Crippen MR) is 73.6 cm³/mol. The molecule has 2 rings (SSSR count). The molecule has 110 valence electrons. The summed E-state index contributed by atoms with van der Waals surface area (Å²) in [6.07, 6.45) is 1.78. The molecule has 4 N–H and O–H groups in total. The maximum Gasteiger partial charge on any atom is 0.325 e. The van der Waals surface area contributed by atoms with Gasteiger partial charge in [0.15, 0.2) is 0 Å². The zero-order valence-corrected chi connectivity index (χ0v) is 11.0. The molecular formula is C13H14N4O4. The molecule has 1 aliphatic rings. The minimum Gasteiger partial charge on any atom is -0.480 e. The molecule has 1 unspecified atom stereocenters. The minimum absolute atomic E-state index is 0.292. The first-order chi connectivity index (χ1) is 10.0. The fourth-order valence-electron chi connectivity index (χ4n) is 2.06. The molecule has 1 aromatic carbocycles. The van der Waals surface area contributed by atoms with Gasteiger partial charge in [0.2, 0.25) is 0 Å². The molecule has 1 aliphatic heterocycles. The van der Waals surface area contributed by atoms with Crippen molar-refractivity contribution >= 4 is 24.1 Å². The third kappa shape index (κ3) is 3.35. The number of benzene rings is 1. The van der Waals surface area contributed by atoms with Gasteiger partial charge in [0.1, 0.15) is 12.6 Å². The molecule has 0 aliphatic carbocycles. The molecule has 1 fully saturated rings. The van der Waals surface area contributed by atoms with Crippen LogP contribution in [-0.4, -0.2) is 46.7 Å². The Morgan fingerprint density at radius 3 is 2.62 bits per heavy atom. The number of carboxylic acid groups (broad SMARTS) is 1. The third-order valence-corrected chi connectivity index (χ3v) is 3.04. The normalized spacial score (nSPS) is 18.3. The van der Waals surface area contributed by atoms with Crippen molar-refractivity contribution in [2.75, 3.05) is 6.54 Å². The van der Waals surface area contributed by atoms with Gasteiger partial charge in [-0.3, -0.25) is 14.5 Å². The topological polar surface area (TPSA) is 125 Å². The highest BCUT2D eigenvalue weighted by Crippen LogP contribution is 2.12. The Bertz CT molecular complexity index is 597. The van der Waals surface area contributed by atoms with Gasteiger partial charge >= 0.3 is 12.0 Å². The maximum absolute atomic E-state index is 12.0. The van der Waals surface area contributed by atoms with Gasteiger partial charge in [-0.1, -0.05) is 24.3 Å². The molecule has 8 nitrogen and oxygen atoms in total. The van der Waals surface area contributed by atoms with Gasteiger partial charge in [-0.2, -0.15) is 5.10 Å². The molecule has 1 saturated heterocycles. The molecule has 1 atom stereocenters. The lowest BCUT2D eigenvalue weighted by Crippen LogP contribution is -2.36. The molecule has 3 amide bonds. The Morgan fingerprint density at radius 2 is 2.05 bits per heavy atom. The summed E-state index contributed by atoms with van der Waals surface area (Å²) in [7, 11) is 0. The van der Waals surface area contributed by atoms with Crippen LogP contribution < -0.4 is 11.2 Å². The molecular weight excluding hydrogens is 276 g/mol. The van der Waals surface area contributed by atoms with Gasteiger partial charge in [-0.25, -0.2) is 4.79 Å². The number of aliphatic carboxylic acids is 1. The number of imide groups is 1. The number of nitrogens with zero attached hydrogens (tertiary/aromatic N) is 2. The first kappa shape index (κ1) is 14.5. The summed E-state index contributed by atoms with van der Waals surface area (Å²) < 4.78 is 0. The van der Waals surface area contributed by atoms with Crippen LogP contribution in [0, 0.1) is 0 Å². The number of carboxylic acids is 1. The highest BCUT2D eigenvalue weighted by Gasteiger charge is 2.38. The van der Waals surface area contributed by atoms with E-state index in [0.29, 0.717) is 11.3 Å². The summed E-state index contributed by atoms with van der Waals surface area (Å²) in [6, 6.07) is 5.71. The molecule has 1 heterocycles. The quantitative estimate of drug-likeness (QED) is 0.292. The summed E-state index contributed by atoms with van der Waals surface area (Å²) >= 11 is 0. The first-order valence-electron chi connectivity index (χ1n) is 6.17. The zero-order valence-electron chi connectivity index (χ0n) is 11.0. The second-order valence-electron chi connectivity index (χ2n) is 4.54. The van der Waals surface area contributed by atoms with E-state index in [4.69, 9.17) is 10.9 Å². The van der Waals surface area contributed by atoms with Gasteiger partial charge in [0.25, 0.3) is 5.91 Å². The number of hydrogen-bond donors (Lipinski definition) is 3. The average Bonchev–Trinajstić information content (AvgIpc) is 2.69. The average molecular weight is 290 g/mol. The number of hydrazone groups is 1. The van der Waals surface area contributed by atoms with E-state index in [1.165, 1.54) is 6.21 Å². The number of hydrogen-bond acceptors (Lipinski definition) is 5. The summed E-state index contributed by atoms with van der Waals surface area (Å²) in [4.78, 5) is 34.8. The lowest BCUT2D eigenvalue weighted by atomic mass is 10.0. The SMILES string of the molecule is N/N=C/c1ccc(CC2NC(=O)N(CC(=O)O)C2=O)cc1. The number of urea groups is 1. The van der Waals surface area contributed by atoms with Crippen LogP contribution in [0.1, 0.15) is 11.1 Å². The standard InChI is InChI=1S/C13H14N4O4/c14-15-6-9-3-1-8(2-4-9)5-10-12(20)17(7-11(18)19)13(21)16-10/h1-4,6,10H,5,7,14H2,(H,16,21)(H,18,19)/b15-6+. The number of carbonyl (C=O) groups excluding carboxylic acids is 2. The first-order valence-corrected chi connectivity index (χ1v) is 6.17. The summed E-state index contributed by atoms with van der Waals surface area (Å²) in [6.45, 7) is -0.632. The van der Waals surface area contributed by atoms with Crippen LogP contribution in [0.3, 0.4) is 0 Å². The van der Waals surface area contributed by atoms with Crippen LogP contribution in [-0.2, 0) is 16.0 Å². The smallest absolute Gasteiger partial charge is 0.325 e. The van der Waals surface area contributed by atoms with Crippen LogP contribution >= 0.6 is 0 Å². The fourth-order valence-corrected chi connectivity index (χ4v) is 2.06. The van der Waals surface area contributed by atoms with Crippen LogP contribution in [0.25, 0.3) is 0 Å². The Morgan fingerprint density at radius 1 is 1.38 bits per heavy atom. The van der Waals surface area contributed by atoms with E-state index in [1.807, 2.05) is 0 Å². The van der Waals surface area contributed by atoms with Crippen molar-refractivity contribution in [3.05, 3.63) is 35.4 Å². The van der Waals surface area contributed by atoms with Crippen molar-refractivity contribution in [1.29, 1.82) is 0 Å². The van der Waals surface area contributed by atoms with E-state index in [9.17, 15) is 14.4 Å². The van der Waals surface area contributed by atoms with Crippen LogP contribution in [0.2, 0.25) is 0 Å². The van der Waals surface area contributed by atoms with E-state index in [0.717, 1.165) is 11.1 Å². The van der Waals surface area contributed by atoms with Crippen molar-refractivity contribution in [3.8, 4) is 0 Å². The molecule has 0 bridgehead atoms. The van der Waals surface area contributed by atoms with Crippen molar-refractivity contribution in [2.45, 2.75) is 12.5 Å². The predicted octanol–water partition coefficient (Wildman–Crippen LogP) is -0.473. The molecule has 0 radical (unpaired) electrons. The molecule has 1 aromatic rings. The van der Waals surface area contributed by atoms with Gasteiger partial charge in [0, 0.05) is 6.42 Å². The Kier molecular flexibility index (Phi) is 4.17. The highest BCUT2D eigenvalue weighted by atomic mass is 16.4. The molecule has 0 saturated carbocycles. The van der Waals surface area contributed by atoms with Gasteiger partial charge in [-0.15, -0.1) is 0 Å². The van der Waals surface area contributed by atoms with Gasteiger partial charge in [0.05, 0.1) is 6.21 Å². The lowest BCUT2D eigenvalue weighted by Gasteiger charge is -2.10. The van der Waals surface area contributed by atoms with E-state index in [2.05, 4.69) is 10.4 Å². The fraction of sp³-hybridized carbons (Fsp3) is 0.231. The van der Waals surface area contributed by atoms with E-state index >= 15 is 0 Å². The number of nitrogens with two attached hydrogens (primary N) is 1. The summed E-state index contributed by atoms with van der Waals surface area (Å²) in [5.41, 5.74) is 1.65. The van der Waals surface area contributed by atoms with Crippen molar-refractivity contribution in [3.63, 3.8) is 0 Å². The monoisotopic (exact) mass is 290 g/mol. The minimum atomic E-state index is -1.23. The number of nitrogens with one attached hydrogen (secondary N) is 1. The van der Waals surface area contributed by atoms with E-state index in [1.54, 1.807) is 24.3 Å². The van der Waals surface area contributed by atoms with Gasteiger partial charge in [-0.05, 0) is 11.1 Å². The third-order valence-electron chi connectivity index (χ3n) is 3.04. The number of carbonyl (C=O) groups is 3. The van der Waals surface area contributed by atoms with Crippen LogP contribution in [0.4, 0.5) is 4.79 Å². The summed E-state index contributed by atoms with van der Waals surface area (Å²) in [5.74, 6) is 3.28. The second-order valence-corrected chi connectivity index (χ2v) is 4.54. The molecule has 21 heavy (non-hydrogen) atoms. The molecule has 8 heteroatoms. The van der Waals surface area contributed by atoms with Crippen LogP contribution in [0.5, 0.6) is 0 Å². The number of amides is 3. The van der Waals surface area contributed by atoms with E-state index in [-0.39, 0.29) is 0 Å². The highest BCUT2D eigenvalue weighted by molar-refractivity contribution is 6.06. The Balaban J connectivity index is 2.05. The van der Waals surface area contributed by atoms with Crippen molar-refractivity contribution in [1.82, 2.24) is 10.2 Å². The Labute approximate surface area is 120 Å². The van der Waals surface area contributed by atoms with Crippen molar-refractivity contribution in [2.24, 2.45) is 10.9 Å². The number of rotatable bonds is 5. The Hall–Kier alpha value is -2.90. The second kappa shape index (κ2) is 6.04. The maximum atomic E-state index is 12.0. The van der Waals surface area contributed by atoms with Crippen molar-refractivity contribution < 1.29 is 19.5 Å². The molecule has 0 aromatic heterocycles.